The number of esters is 1. The molecule has 1 heterocycles. The van der Waals surface area contributed by atoms with Crippen molar-refractivity contribution in [2.75, 3.05) is 0 Å². The first-order valence-electron chi connectivity index (χ1n) is 5.53. The van der Waals surface area contributed by atoms with Crippen molar-refractivity contribution in [2.24, 2.45) is 11.8 Å². The fraction of sp³-hybridized carbons (Fsp3) is 0.909. The number of hydrogen-bond acceptors (Lipinski definition) is 2. The van der Waals surface area contributed by atoms with E-state index in [1.165, 1.54) is 25.7 Å². The highest BCUT2D eigenvalue weighted by molar-refractivity contribution is 5.76. The maximum absolute atomic E-state index is 11.4. The Morgan fingerprint density at radius 3 is 2.54 bits per heavy atom. The Morgan fingerprint density at radius 1 is 1.23 bits per heavy atom. The van der Waals surface area contributed by atoms with E-state index in [9.17, 15) is 4.79 Å². The molecule has 2 saturated carbocycles. The lowest BCUT2D eigenvalue weighted by Gasteiger charge is -2.32. The number of carbonyl (C=O) groups is 1. The molecule has 2 heteroatoms. The highest BCUT2D eigenvalue weighted by atomic mass is 16.6. The Hall–Kier alpha value is -0.530. The van der Waals surface area contributed by atoms with E-state index in [0.717, 1.165) is 19.3 Å². The van der Waals surface area contributed by atoms with Crippen LogP contribution in [0.15, 0.2) is 0 Å². The molecule has 3 fully saturated rings. The molecular formula is C11H16O2. The zero-order chi connectivity index (χ0) is 8.89. The van der Waals surface area contributed by atoms with Crippen molar-refractivity contribution in [3.8, 4) is 0 Å². The van der Waals surface area contributed by atoms with Crippen molar-refractivity contribution in [3.63, 3.8) is 0 Å². The lowest BCUT2D eigenvalue weighted by molar-refractivity contribution is -0.160. The van der Waals surface area contributed by atoms with Crippen LogP contribution in [0.25, 0.3) is 0 Å². The van der Waals surface area contributed by atoms with Crippen LogP contribution in [0.4, 0.5) is 0 Å². The Morgan fingerprint density at radius 2 is 2.00 bits per heavy atom. The molecule has 72 valence electrons. The minimum Gasteiger partial charge on any atom is -0.459 e. The van der Waals surface area contributed by atoms with Crippen LogP contribution in [-0.4, -0.2) is 11.6 Å². The van der Waals surface area contributed by atoms with Gasteiger partial charge in [-0.2, -0.15) is 0 Å². The summed E-state index contributed by atoms with van der Waals surface area (Å²) in [6, 6.07) is 0. The molecule has 0 aromatic heterocycles. The van der Waals surface area contributed by atoms with Gasteiger partial charge in [0.05, 0.1) is 5.92 Å². The molecular weight excluding hydrogens is 164 g/mol. The van der Waals surface area contributed by atoms with Gasteiger partial charge in [0.2, 0.25) is 0 Å². The second-order valence-corrected chi connectivity index (χ2v) is 4.91. The van der Waals surface area contributed by atoms with Crippen LogP contribution in [0.5, 0.6) is 0 Å². The molecule has 2 aliphatic carbocycles. The van der Waals surface area contributed by atoms with E-state index >= 15 is 0 Å². The smallest absolute Gasteiger partial charge is 0.309 e. The molecule has 0 unspecified atom stereocenters. The molecule has 1 aliphatic heterocycles. The first-order chi connectivity index (χ1) is 6.30. The third-order valence-corrected chi connectivity index (χ3v) is 4.24. The third kappa shape index (κ3) is 0.976. The zero-order valence-corrected chi connectivity index (χ0v) is 7.92. The standard InChI is InChI=1S/C11H16O2/c12-10-8-5-6-11(7-8,13-10)9-3-1-2-4-9/h8-9H,1-7H2/t8-,11+/m0/s1. The summed E-state index contributed by atoms with van der Waals surface area (Å²) in [4.78, 5) is 11.4. The molecule has 3 rings (SSSR count). The maximum atomic E-state index is 11.4. The summed E-state index contributed by atoms with van der Waals surface area (Å²) in [6.45, 7) is 0. The van der Waals surface area contributed by atoms with Gasteiger partial charge in [-0.05, 0) is 31.6 Å². The van der Waals surface area contributed by atoms with E-state index in [2.05, 4.69) is 0 Å². The summed E-state index contributed by atoms with van der Waals surface area (Å²) < 4.78 is 5.59. The van der Waals surface area contributed by atoms with Crippen LogP contribution >= 0.6 is 0 Å². The van der Waals surface area contributed by atoms with Crippen LogP contribution in [0.3, 0.4) is 0 Å². The second kappa shape index (κ2) is 2.49. The summed E-state index contributed by atoms with van der Waals surface area (Å²) >= 11 is 0. The van der Waals surface area contributed by atoms with Gasteiger partial charge < -0.3 is 4.74 Å². The Bertz CT molecular complexity index is 242. The van der Waals surface area contributed by atoms with Crippen LogP contribution in [0, 0.1) is 11.8 Å². The minimum atomic E-state index is 0.0122. The van der Waals surface area contributed by atoms with Crippen LogP contribution in [-0.2, 0) is 9.53 Å². The highest BCUT2D eigenvalue weighted by Gasteiger charge is 2.56. The van der Waals surface area contributed by atoms with E-state index in [4.69, 9.17) is 4.74 Å². The molecule has 2 nitrogen and oxygen atoms in total. The molecule has 0 amide bonds. The number of ether oxygens (including phenoxy) is 1. The Kier molecular flexibility index (Phi) is 1.50. The van der Waals surface area contributed by atoms with Crippen molar-refractivity contribution in [3.05, 3.63) is 0 Å². The molecule has 1 saturated heterocycles. The lowest BCUT2D eigenvalue weighted by atomic mass is 9.85. The van der Waals surface area contributed by atoms with Crippen LogP contribution in [0.1, 0.15) is 44.9 Å². The van der Waals surface area contributed by atoms with Gasteiger partial charge in [0.25, 0.3) is 0 Å². The SMILES string of the molecule is O=C1O[C@]2(C3CCCC3)CC[C@H]1C2. The number of fused-ring (bicyclic) bond motifs is 2. The average Bonchev–Trinajstić information content (AvgIpc) is 2.77. The number of hydrogen-bond donors (Lipinski definition) is 0. The minimum absolute atomic E-state index is 0.0122. The van der Waals surface area contributed by atoms with Crippen LogP contribution in [0.2, 0.25) is 0 Å². The van der Waals surface area contributed by atoms with Gasteiger partial charge in [0, 0.05) is 6.42 Å². The average molecular weight is 180 g/mol. The maximum Gasteiger partial charge on any atom is 0.309 e. The molecule has 0 spiro atoms. The topological polar surface area (TPSA) is 26.3 Å². The molecule has 2 atom stereocenters. The second-order valence-electron chi connectivity index (χ2n) is 4.91. The molecule has 2 bridgehead atoms. The van der Waals surface area contributed by atoms with Gasteiger partial charge >= 0.3 is 5.97 Å². The highest BCUT2D eigenvalue weighted by Crippen LogP contribution is 2.53. The molecule has 0 aromatic rings. The van der Waals surface area contributed by atoms with Crippen LogP contribution < -0.4 is 0 Å². The summed E-state index contributed by atoms with van der Waals surface area (Å²) in [5.41, 5.74) is 0.0122. The first-order valence-corrected chi connectivity index (χ1v) is 5.53. The van der Waals surface area contributed by atoms with Crippen molar-refractivity contribution in [1.82, 2.24) is 0 Å². The van der Waals surface area contributed by atoms with E-state index < -0.39 is 0 Å². The largest absolute Gasteiger partial charge is 0.459 e. The van der Waals surface area contributed by atoms with Crippen molar-refractivity contribution in [2.45, 2.75) is 50.5 Å². The van der Waals surface area contributed by atoms with E-state index in [0.29, 0.717) is 5.92 Å². The first kappa shape index (κ1) is 7.84. The van der Waals surface area contributed by atoms with Crippen molar-refractivity contribution in [1.29, 1.82) is 0 Å². The van der Waals surface area contributed by atoms with Crippen molar-refractivity contribution >= 4 is 5.97 Å². The predicted octanol–water partition coefficient (Wildman–Crippen LogP) is 2.27. The van der Waals surface area contributed by atoms with Gasteiger partial charge in [-0.15, -0.1) is 0 Å². The van der Waals surface area contributed by atoms with E-state index in [-0.39, 0.29) is 17.5 Å². The lowest BCUT2D eigenvalue weighted by Crippen LogP contribution is -2.35. The van der Waals surface area contributed by atoms with Gasteiger partial charge in [-0.25, -0.2) is 0 Å². The third-order valence-electron chi connectivity index (χ3n) is 4.24. The number of rotatable bonds is 1. The fourth-order valence-electron chi connectivity index (χ4n) is 3.52. The normalized spacial score (nSPS) is 44.3. The van der Waals surface area contributed by atoms with E-state index in [1.54, 1.807) is 0 Å². The summed E-state index contributed by atoms with van der Waals surface area (Å²) in [7, 11) is 0. The fourth-order valence-corrected chi connectivity index (χ4v) is 3.52. The molecule has 3 aliphatic rings. The molecule has 13 heavy (non-hydrogen) atoms. The summed E-state index contributed by atoms with van der Waals surface area (Å²) in [5.74, 6) is 1.06. The monoisotopic (exact) mass is 180 g/mol. The van der Waals surface area contributed by atoms with E-state index in [1.807, 2.05) is 0 Å². The molecule has 0 N–H and O–H groups in total. The quantitative estimate of drug-likeness (QED) is 0.579. The molecule has 0 aromatic carbocycles. The Balaban J connectivity index is 1.85. The molecule has 0 radical (unpaired) electrons. The van der Waals surface area contributed by atoms with Crippen molar-refractivity contribution < 1.29 is 9.53 Å². The number of carbonyl (C=O) groups excluding carboxylic acids is 1. The predicted molar refractivity (Wildman–Crippen MR) is 48.1 cm³/mol. The van der Waals surface area contributed by atoms with Gasteiger partial charge in [0.1, 0.15) is 5.60 Å². The Labute approximate surface area is 78.6 Å². The van der Waals surface area contributed by atoms with Gasteiger partial charge in [0.15, 0.2) is 0 Å². The summed E-state index contributed by atoms with van der Waals surface area (Å²) in [5, 5.41) is 0. The zero-order valence-electron chi connectivity index (χ0n) is 7.92. The summed E-state index contributed by atoms with van der Waals surface area (Å²) in [6.07, 6.45) is 8.54. The van der Waals surface area contributed by atoms with Gasteiger partial charge in [-0.1, -0.05) is 12.8 Å². The van der Waals surface area contributed by atoms with Gasteiger partial charge in [-0.3, -0.25) is 4.79 Å².